The number of benzene rings is 1. The van der Waals surface area contributed by atoms with Gasteiger partial charge in [0.05, 0.1) is 28.5 Å². The Morgan fingerprint density at radius 1 is 1.46 bits per heavy atom. The molecular weight excluding hydrogens is 344 g/mol. The number of carbonyl (C=O) groups is 1. The number of halogens is 1. The summed E-state index contributed by atoms with van der Waals surface area (Å²) in [6.07, 6.45) is 3.03. The van der Waals surface area contributed by atoms with E-state index in [4.69, 9.17) is 11.6 Å². The molecule has 0 saturated heterocycles. The molecule has 7 heteroatoms. The molecule has 0 radical (unpaired) electrons. The number of carbonyl (C=O) groups excluding carboxylic acids is 1. The fraction of sp³-hybridized carbons (Fsp3) is 0.353. The van der Waals surface area contributed by atoms with Crippen molar-refractivity contribution < 1.29 is 4.79 Å². The van der Waals surface area contributed by atoms with Crippen LogP contribution in [0.25, 0.3) is 6.08 Å². The van der Waals surface area contributed by atoms with Gasteiger partial charge in [0.2, 0.25) is 0 Å². The van der Waals surface area contributed by atoms with E-state index in [1.165, 1.54) is 0 Å². The molecule has 5 nitrogen and oxygen atoms in total. The standard InChI is InChI=1S/C17H15ClN4OS/c1-3-10-6-11-4-5-12(7-13(11)20-16(10)23)17(2,9-19)8-14-15(18)24-22-21-14/h4-7,10H,3,8H2,1-2H3. The highest BCUT2D eigenvalue weighted by Gasteiger charge is 2.30. The van der Waals surface area contributed by atoms with Crippen LogP contribution >= 0.6 is 23.1 Å². The molecule has 0 N–H and O–H groups in total. The van der Waals surface area contributed by atoms with Gasteiger partial charge in [-0.05, 0) is 30.2 Å². The summed E-state index contributed by atoms with van der Waals surface area (Å²) in [6.45, 7) is 3.79. The Kier molecular flexibility index (Phi) is 4.48. The maximum atomic E-state index is 12.0. The molecule has 3 rings (SSSR count). The summed E-state index contributed by atoms with van der Waals surface area (Å²) >= 11 is 7.18. The molecule has 2 atom stereocenters. The molecule has 1 aliphatic heterocycles. The van der Waals surface area contributed by atoms with Crippen LogP contribution in [0.4, 0.5) is 0 Å². The van der Waals surface area contributed by atoms with Crippen LogP contribution < -0.4 is 10.6 Å². The van der Waals surface area contributed by atoms with Crippen LogP contribution in [-0.2, 0) is 16.6 Å². The van der Waals surface area contributed by atoms with Crippen LogP contribution in [0.2, 0.25) is 4.34 Å². The van der Waals surface area contributed by atoms with Gasteiger partial charge in [-0.25, -0.2) is 4.99 Å². The lowest BCUT2D eigenvalue weighted by Crippen LogP contribution is -2.35. The van der Waals surface area contributed by atoms with Crippen LogP contribution in [-0.4, -0.2) is 15.5 Å². The smallest absolute Gasteiger partial charge is 0.253 e. The molecule has 2 heterocycles. The highest BCUT2D eigenvalue weighted by atomic mass is 35.5. The number of hydrogen-bond acceptors (Lipinski definition) is 5. The average molecular weight is 359 g/mol. The number of hydrogen-bond donors (Lipinski definition) is 0. The van der Waals surface area contributed by atoms with Crippen LogP contribution in [0.5, 0.6) is 0 Å². The summed E-state index contributed by atoms with van der Waals surface area (Å²) in [5.74, 6) is -0.293. The fourth-order valence-electron chi connectivity index (χ4n) is 2.75. The van der Waals surface area contributed by atoms with Crippen molar-refractivity contribution in [1.29, 1.82) is 5.26 Å². The number of aromatic nitrogens is 2. The molecule has 0 aliphatic carbocycles. The first kappa shape index (κ1) is 16.7. The van der Waals surface area contributed by atoms with E-state index in [0.29, 0.717) is 21.8 Å². The number of nitriles is 1. The molecule has 1 aliphatic rings. The van der Waals surface area contributed by atoms with Crippen LogP contribution in [0, 0.1) is 17.2 Å². The van der Waals surface area contributed by atoms with Crippen molar-refractivity contribution in [3.05, 3.63) is 44.4 Å². The molecule has 0 bridgehead atoms. The van der Waals surface area contributed by atoms with E-state index in [1.54, 1.807) is 0 Å². The Morgan fingerprint density at radius 2 is 2.25 bits per heavy atom. The van der Waals surface area contributed by atoms with E-state index in [0.717, 1.165) is 28.7 Å². The third-order valence-electron chi connectivity index (χ3n) is 4.31. The second-order valence-corrected chi connectivity index (χ2v) is 7.38. The van der Waals surface area contributed by atoms with Gasteiger partial charge >= 0.3 is 0 Å². The summed E-state index contributed by atoms with van der Waals surface area (Å²) in [7, 11) is 0. The summed E-state index contributed by atoms with van der Waals surface area (Å²) in [4.78, 5) is 16.2. The van der Waals surface area contributed by atoms with E-state index >= 15 is 0 Å². The summed E-state index contributed by atoms with van der Waals surface area (Å²) in [5.41, 5.74) is 0.566. The molecule has 24 heavy (non-hydrogen) atoms. The van der Waals surface area contributed by atoms with E-state index in [1.807, 2.05) is 38.1 Å². The summed E-state index contributed by atoms with van der Waals surface area (Å²) < 4.78 is 4.31. The molecule has 0 spiro atoms. The number of rotatable bonds is 4. The highest BCUT2D eigenvalue weighted by molar-refractivity contribution is 7.10. The first-order chi connectivity index (χ1) is 11.5. The lowest BCUT2D eigenvalue weighted by Gasteiger charge is -2.21. The van der Waals surface area contributed by atoms with Gasteiger partial charge in [0.25, 0.3) is 5.91 Å². The Morgan fingerprint density at radius 3 is 2.88 bits per heavy atom. The minimum Gasteiger partial charge on any atom is -0.272 e. The molecule has 2 unspecified atom stereocenters. The van der Waals surface area contributed by atoms with E-state index in [9.17, 15) is 10.1 Å². The predicted octanol–water partition coefficient (Wildman–Crippen LogP) is 2.18. The fourth-order valence-corrected chi connectivity index (χ4v) is 3.38. The van der Waals surface area contributed by atoms with E-state index in [-0.39, 0.29) is 11.8 Å². The SMILES string of the molecule is CCC1C=c2ccc(C(C)(C#N)Cc3nnsc3Cl)cc2=NC1=O. The topological polar surface area (TPSA) is 79.0 Å². The van der Waals surface area contributed by atoms with Gasteiger partial charge < -0.3 is 0 Å². The Bertz CT molecular complexity index is 962. The van der Waals surface area contributed by atoms with Crippen LogP contribution in [0.15, 0.2) is 23.2 Å². The molecule has 0 fully saturated rings. The maximum Gasteiger partial charge on any atom is 0.253 e. The van der Waals surface area contributed by atoms with Crippen molar-refractivity contribution in [3.8, 4) is 6.07 Å². The van der Waals surface area contributed by atoms with Gasteiger partial charge in [-0.2, -0.15) is 5.26 Å². The minimum absolute atomic E-state index is 0.132. The molecule has 1 aromatic carbocycles. The van der Waals surface area contributed by atoms with Gasteiger partial charge in [0.1, 0.15) is 4.34 Å². The van der Waals surface area contributed by atoms with Gasteiger partial charge in [0.15, 0.2) is 0 Å². The number of fused-ring (bicyclic) bond motifs is 1. The van der Waals surface area contributed by atoms with Crippen molar-refractivity contribution >= 4 is 35.1 Å². The third-order valence-corrected chi connectivity index (χ3v) is 5.30. The normalized spacial score (nSPS) is 18.8. The third kappa shape index (κ3) is 2.97. The summed E-state index contributed by atoms with van der Waals surface area (Å²) in [5, 5.41) is 15.3. The Balaban J connectivity index is 2.05. The van der Waals surface area contributed by atoms with Crippen molar-refractivity contribution in [2.45, 2.75) is 32.1 Å². The highest BCUT2D eigenvalue weighted by Crippen LogP contribution is 2.29. The quantitative estimate of drug-likeness (QED) is 0.839. The predicted molar refractivity (Wildman–Crippen MR) is 92.1 cm³/mol. The average Bonchev–Trinajstić information content (AvgIpc) is 2.98. The molecule has 2 aromatic rings. The first-order valence-corrected chi connectivity index (χ1v) is 8.75. The van der Waals surface area contributed by atoms with Gasteiger partial charge in [-0.15, -0.1) is 5.10 Å². The largest absolute Gasteiger partial charge is 0.272 e. The first-order valence-electron chi connectivity index (χ1n) is 7.60. The number of amides is 1. The Labute approximate surface area is 148 Å². The molecular formula is C17H15ClN4OS. The van der Waals surface area contributed by atoms with Crippen LogP contribution in [0.3, 0.4) is 0 Å². The zero-order chi connectivity index (χ0) is 17.3. The summed E-state index contributed by atoms with van der Waals surface area (Å²) in [6, 6.07) is 7.98. The van der Waals surface area contributed by atoms with E-state index in [2.05, 4.69) is 20.6 Å². The van der Waals surface area contributed by atoms with Gasteiger partial charge in [-0.1, -0.05) is 41.2 Å². The van der Waals surface area contributed by atoms with E-state index < -0.39 is 5.41 Å². The molecule has 1 aromatic heterocycles. The monoisotopic (exact) mass is 358 g/mol. The van der Waals surface area contributed by atoms with Crippen molar-refractivity contribution in [2.75, 3.05) is 0 Å². The Hall–Kier alpha value is -2.10. The number of nitrogens with zero attached hydrogens (tertiary/aromatic N) is 4. The lowest BCUT2D eigenvalue weighted by atomic mass is 9.80. The minimum atomic E-state index is -0.825. The van der Waals surface area contributed by atoms with Crippen molar-refractivity contribution in [3.63, 3.8) is 0 Å². The second-order valence-electron chi connectivity index (χ2n) is 6.02. The van der Waals surface area contributed by atoms with Crippen molar-refractivity contribution in [2.24, 2.45) is 10.9 Å². The van der Waals surface area contributed by atoms with Crippen molar-refractivity contribution in [1.82, 2.24) is 9.59 Å². The zero-order valence-corrected chi connectivity index (χ0v) is 14.9. The maximum absolute atomic E-state index is 12.0. The van der Waals surface area contributed by atoms with Gasteiger partial charge in [-0.3, -0.25) is 4.79 Å². The zero-order valence-electron chi connectivity index (χ0n) is 13.3. The van der Waals surface area contributed by atoms with Crippen LogP contribution in [0.1, 0.15) is 31.5 Å². The lowest BCUT2D eigenvalue weighted by molar-refractivity contribution is -0.120. The molecule has 1 amide bonds. The second kappa shape index (κ2) is 6.42. The molecule has 0 saturated carbocycles. The van der Waals surface area contributed by atoms with Gasteiger partial charge in [0, 0.05) is 18.0 Å². The molecule has 122 valence electrons.